The van der Waals surface area contributed by atoms with Crippen molar-refractivity contribution in [3.8, 4) is 11.3 Å². The minimum Gasteiger partial charge on any atom is -0.233 e. The molecule has 0 saturated carbocycles. The van der Waals surface area contributed by atoms with Crippen molar-refractivity contribution in [2.24, 2.45) is 5.92 Å². The maximum atomic E-state index is 6.16. The van der Waals surface area contributed by atoms with E-state index in [1.54, 1.807) is 0 Å². The second-order valence-corrected chi connectivity index (χ2v) is 6.68. The van der Waals surface area contributed by atoms with Crippen molar-refractivity contribution in [3.05, 3.63) is 40.3 Å². The van der Waals surface area contributed by atoms with E-state index in [4.69, 9.17) is 23.2 Å². The zero-order valence-corrected chi connectivity index (χ0v) is 13.4. The first kappa shape index (κ1) is 14.0. The predicted octanol–water partition coefficient (Wildman–Crippen LogP) is 4.35. The lowest BCUT2D eigenvalue weighted by molar-refractivity contribution is -0.708. The summed E-state index contributed by atoms with van der Waals surface area (Å²) in [6.45, 7) is 6.67. The summed E-state index contributed by atoms with van der Waals surface area (Å²) in [5.41, 5.74) is 2.39. The van der Waals surface area contributed by atoms with Crippen LogP contribution in [0.3, 0.4) is 0 Å². The van der Waals surface area contributed by atoms with E-state index in [0.29, 0.717) is 16.0 Å². The summed E-state index contributed by atoms with van der Waals surface area (Å²) in [6.07, 6.45) is 4.64. The standard InChI is InChI=1S/C16H19Cl2N2/c1-11(2)9-19-10-15(20-7-3-4-16(19)20)12-5-6-13(17)14(18)8-12/h5-6,8,10-11H,3-4,7,9H2,1-2H3/q+1. The van der Waals surface area contributed by atoms with Gasteiger partial charge in [0, 0.05) is 5.56 Å². The zero-order valence-electron chi connectivity index (χ0n) is 11.9. The Labute approximate surface area is 129 Å². The maximum absolute atomic E-state index is 6.16. The molecule has 2 aromatic rings. The molecule has 4 heteroatoms. The fourth-order valence-corrected chi connectivity index (χ4v) is 3.24. The molecule has 0 radical (unpaired) electrons. The van der Waals surface area contributed by atoms with Gasteiger partial charge in [-0.25, -0.2) is 9.13 Å². The first-order chi connectivity index (χ1) is 9.56. The Kier molecular flexibility index (Phi) is 3.78. The van der Waals surface area contributed by atoms with Crippen molar-refractivity contribution in [2.75, 3.05) is 0 Å². The number of halogens is 2. The number of imidazole rings is 1. The number of hydrogen-bond donors (Lipinski definition) is 0. The average Bonchev–Trinajstić information content (AvgIpc) is 2.96. The van der Waals surface area contributed by atoms with Crippen molar-refractivity contribution in [1.82, 2.24) is 4.57 Å². The smallest absolute Gasteiger partial charge is 0.233 e. The highest BCUT2D eigenvalue weighted by Gasteiger charge is 2.28. The van der Waals surface area contributed by atoms with Crippen LogP contribution in [0.4, 0.5) is 0 Å². The molecule has 0 fully saturated rings. The molecule has 1 aliphatic heterocycles. The molecule has 3 rings (SSSR count). The molecule has 0 N–H and O–H groups in total. The first-order valence-electron chi connectivity index (χ1n) is 7.13. The largest absolute Gasteiger partial charge is 0.257 e. The van der Waals surface area contributed by atoms with Gasteiger partial charge in [-0.2, -0.15) is 0 Å². The molecule has 0 amide bonds. The number of nitrogens with zero attached hydrogens (tertiary/aromatic N) is 2. The molecular weight excluding hydrogens is 291 g/mol. The molecule has 1 aromatic heterocycles. The normalized spacial score (nSPS) is 14.1. The third-order valence-corrected chi connectivity index (χ3v) is 4.51. The van der Waals surface area contributed by atoms with Crippen LogP contribution >= 0.6 is 23.2 Å². The van der Waals surface area contributed by atoms with Gasteiger partial charge < -0.3 is 0 Å². The number of hydrogen-bond acceptors (Lipinski definition) is 0. The molecule has 0 spiro atoms. The molecule has 0 saturated heterocycles. The van der Waals surface area contributed by atoms with Gasteiger partial charge in [0.2, 0.25) is 0 Å². The summed E-state index contributed by atoms with van der Waals surface area (Å²) in [7, 11) is 0. The van der Waals surface area contributed by atoms with Gasteiger partial charge in [-0.3, -0.25) is 0 Å². The van der Waals surface area contributed by atoms with Crippen LogP contribution in [0.5, 0.6) is 0 Å². The highest BCUT2D eigenvalue weighted by atomic mass is 35.5. The Morgan fingerprint density at radius 2 is 2.05 bits per heavy atom. The van der Waals surface area contributed by atoms with Gasteiger partial charge in [0.15, 0.2) is 5.69 Å². The van der Waals surface area contributed by atoms with Crippen LogP contribution in [0.25, 0.3) is 11.3 Å². The van der Waals surface area contributed by atoms with Gasteiger partial charge in [0.25, 0.3) is 5.82 Å². The van der Waals surface area contributed by atoms with E-state index in [-0.39, 0.29) is 0 Å². The van der Waals surface area contributed by atoms with E-state index >= 15 is 0 Å². The van der Waals surface area contributed by atoms with Gasteiger partial charge in [-0.05, 0) is 30.5 Å². The summed E-state index contributed by atoms with van der Waals surface area (Å²) in [5, 5.41) is 1.23. The van der Waals surface area contributed by atoms with Crippen molar-refractivity contribution in [2.45, 2.75) is 39.8 Å². The minimum atomic E-state index is 0.610. The highest BCUT2D eigenvalue weighted by Crippen LogP contribution is 2.30. The SMILES string of the molecule is CC(C)C[n+]1cc(-c2ccc(Cl)c(Cl)c2)n2c1CCC2. The Balaban J connectivity index is 2.07. The fourth-order valence-electron chi connectivity index (χ4n) is 2.95. The Morgan fingerprint density at radius 1 is 1.25 bits per heavy atom. The quantitative estimate of drug-likeness (QED) is 0.745. The van der Waals surface area contributed by atoms with Crippen LogP contribution in [0.15, 0.2) is 24.4 Å². The monoisotopic (exact) mass is 309 g/mol. The number of fused-ring (bicyclic) bond motifs is 1. The third kappa shape index (κ3) is 2.47. The molecule has 0 bridgehead atoms. The van der Waals surface area contributed by atoms with Gasteiger partial charge in [-0.15, -0.1) is 0 Å². The molecule has 0 unspecified atom stereocenters. The van der Waals surface area contributed by atoms with E-state index in [0.717, 1.165) is 25.1 Å². The molecule has 1 aromatic carbocycles. The summed E-state index contributed by atoms with van der Waals surface area (Å²) in [4.78, 5) is 0. The lowest BCUT2D eigenvalue weighted by Crippen LogP contribution is -2.38. The van der Waals surface area contributed by atoms with Crippen LogP contribution in [0, 0.1) is 5.92 Å². The van der Waals surface area contributed by atoms with Gasteiger partial charge in [0.1, 0.15) is 6.20 Å². The molecule has 0 atom stereocenters. The van der Waals surface area contributed by atoms with E-state index < -0.39 is 0 Å². The van der Waals surface area contributed by atoms with E-state index in [9.17, 15) is 0 Å². The zero-order chi connectivity index (χ0) is 14.3. The third-order valence-electron chi connectivity index (χ3n) is 3.77. The fraction of sp³-hybridized carbons (Fsp3) is 0.438. The van der Waals surface area contributed by atoms with E-state index in [1.807, 2.05) is 12.1 Å². The minimum absolute atomic E-state index is 0.610. The average molecular weight is 310 g/mol. The summed E-state index contributed by atoms with van der Waals surface area (Å²) in [6, 6.07) is 5.89. The Bertz CT molecular complexity index is 644. The number of rotatable bonds is 3. The number of aromatic nitrogens is 2. The first-order valence-corrected chi connectivity index (χ1v) is 7.89. The summed E-state index contributed by atoms with van der Waals surface area (Å²) in [5.74, 6) is 2.08. The molecule has 2 heterocycles. The Morgan fingerprint density at radius 3 is 2.75 bits per heavy atom. The van der Waals surface area contributed by atoms with Crippen molar-refractivity contribution < 1.29 is 4.57 Å². The second kappa shape index (κ2) is 5.42. The van der Waals surface area contributed by atoms with Crippen molar-refractivity contribution in [1.29, 1.82) is 0 Å². The molecule has 106 valence electrons. The van der Waals surface area contributed by atoms with Crippen LogP contribution in [0.2, 0.25) is 10.0 Å². The molecule has 1 aliphatic rings. The maximum Gasteiger partial charge on any atom is 0.257 e. The van der Waals surface area contributed by atoms with Gasteiger partial charge in [0.05, 0.1) is 29.6 Å². The van der Waals surface area contributed by atoms with Crippen LogP contribution < -0.4 is 4.57 Å². The Hall–Kier alpha value is -0.990. The summed E-state index contributed by atoms with van der Waals surface area (Å²) >= 11 is 12.2. The van der Waals surface area contributed by atoms with E-state index in [2.05, 4.69) is 35.2 Å². The number of benzene rings is 1. The van der Waals surface area contributed by atoms with E-state index in [1.165, 1.54) is 17.9 Å². The van der Waals surface area contributed by atoms with Crippen LogP contribution in [0.1, 0.15) is 26.1 Å². The van der Waals surface area contributed by atoms with Crippen LogP contribution in [-0.4, -0.2) is 4.57 Å². The van der Waals surface area contributed by atoms with Crippen LogP contribution in [-0.2, 0) is 19.5 Å². The lowest BCUT2D eigenvalue weighted by atomic mass is 10.1. The molecular formula is C16H19Cl2N2+. The predicted molar refractivity (Wildman–Crippen MR) is 83.2 cm³/mol. The topological polar surface area (TPSA) is 8.81 Å². The lowest BCUT2D eigenvalue weighted by Gasteiger charge is -2.01. The van der Waals surface area contributed by atoms with Crippen molar-refractivity contribution in [3.63, 3.8) is 0 Å². The molecule has 2 nitrogen and oxygen atoms in total. The second-order valence-electron chi connectivity index (χ2n) is 5.86. The molecule has 0 aliphatic carbocycles. The highest BCUT2D eigenvalue weighted by molar-refractivity contribution is 6.42. The summed E-state index contributed by atoms with van der Waals surface area (Å²) < 4.78 is 4.82. The van der Waals surface area contributed by atoms with Gasteiger partial charge in [-0.1, -0.05) is 37.0 Å². The molecule has 20 heavy (non-hydrogen) atoms. The van der Waals surface area contributed by atoms with Crippen molar-refractivity contribution >= 4 is 23.2 Å². The van der Waals surface area contributed by atoms with Gasteiger partial charge >= 0.3 is 0 Å².